The van der Waals surface area contributed by atoms with Gasteiger partial charge in [0.05, 0.1) is 5.69 Å². The van der Waals surface area contributed by atoms with Crippen molar-refractivity contribution in [3.8, 4) is 5.69 Å². The van der Waals surface area contributed by atoms with Gasteiger partial charge in [0.2, 0.25) is 0 Å². The lowest BCUT2D eigenvalue weighted by Crippen LogP contribution is -2.01. The van der Waals surface area contributed by atoms with E-state index in [1.165, 1.54) is 0 Å². The molecule has 0 fully saturated rings. The number of nitrogens with zero attached hydrogens (tertiary/aromatic N) is 3. The van der Waals surface area contributed by atoms with Crippen molar-refractivity contribution >= 4 is 22.6 Å². The van der Waals surface area contributed by atoms with Crippen LogP contribution in [0.4, 0.5) is 0 Å². The third-order valence-electron chi connectivity index (χ3n) is 2.83. The molecule has 0 saturated carbocycles. The Bertz CT molecular complexity index is 731. The molecular formula is C14H11ClN3. The highest BCUT2D eigenvalue weighted by Crippen LogP contribution is 2.19. The van der Waals surface area contributed by atoms with Gasteiger partial charge in [-0.2, -0.15) is 4.80 Å². The molecule has 0 atom stereocenters. The molecule has 1 aromatic heterocycles. The minimum atomic E-state index is 0.670. The first-order valence-electron chi connectivity index (χ1n) is 5.65. The third kappa shape index (κ3) is 1.87. The maximum Gasteiger partial charge on any atom is 0.115 e. The lowest BCUT2D eigenvalue weighted by atomic mass is 10.1. The second kappa shape index (κ2) is 4.10. The molecule has 3 aromatic rings. The number of benzene rings is 2. The highest BCUT2D eigenvalue weighted by atomic mass is 35.5. The van der Waals surface area contributed by atoms with E-state index in [0.717, 1.165) is 27.8 Å². The van der Waals surface area contributed by atoms with Gasteiger partial charge >= 0.3 is 0 Å². The zero-order valence-corrected chi connectivity index (χ0v) is 10.9. The molecule has 0 unspecified atom stereocenters. The molecule has 4 heteroatoms. The molecule has 0 aliphatic rings. The molecule has 0 saturated heterocycles. The Morgan fingerprint density at radius 2 is 1.89 bits per heavy atom. The predicted molar refractivity (Wildman–Crippen MR) is 72.2 cm³/mol. The fraction of sp³-hybridized carbons (Fsp3) is 0.143. The standard InChI is InChI=1S/C14H11ClN3/c1-9-3-4-10(2)14(7-9)18-16-12-6-5-11(15)8-13(12)17-18/h4-8H,1-2H3. The number of aryl methyl sites for hydroxylation is 2. The normalized spacial score (nSPS) is 11.1. The molecular weight excluding hydrogens is 246 g/mol. The van der Waals surface area contributed by atoms with E-state index < -0.39 is 0 Å². The summed E-state index contributed by atoms with van der Waals surface area (Å²) in [6, 6.07) is 12.6. The highest BCUT2D eigenvalue weighted by Gasteiger charge is 2.07. The molecule has 1 heterocycles. The highest BCUT2D eigenvalue weighted by molar-refractivity contribution is 6.31. The van der Waals surface area contributed by atoms with E-state index >= 15 is 0 Å². The zero-order valence-electron chi connectivity index (χ0n) is 10.1. The number of fused-ring (bicyclic) bond motifs is 1. The summed E-state index contributed by atoms with van der Waals surface area (Å²) in [7, 11) is 0. The zero-order chi connectivity index (χ0) is 12.7. The molecule has 0 amide bonds. The molecule has 0 spiro atoms. The topological polar surface area (TPSA) is 30.7 Å². The van der Waals surface area contributed by atoms with Crippen molar-refractivity contribution in [3.05, 3.63) is 52.5 Å². The summed E-state index contributed by atoms with van der Waals surface area (Å²) in [5.74, 6) is 0. The van der Waals surface area contributed by atoms with Crippen LogP contribution in [0.3, 0.4) is 0 Å². The third-order valence-corrected chi connectivity index (χ3v) is 3.07. The number of rotatable bonds is 1. The minimum absolute atomic E-state index is 0.670. The molecule has 0 N–H and O–H groups in total. The van der Waals surface area contributed by atoms with Gasteiger partial charge in [0.15, 0.2) is 0 Å². The Balaban J connectivity index is 2.22. The van der Waals surface area contributed by atoms with E-state index in [1.54, 1.807) is 4.80 Å². The minimum Gasteiger partial charge on any atom is -0.150 e. The maximum absolute atomic E-state index is 5.95. The van der Waals surface area contributed by atoms with Gasteiger partial charge in [0.1, 0.15) is 11.0 Å². The van der Waals surface area contributed by atoms with Crippen molar-refractivity contribution in [3.63, 3.8) is 0 Å². The summed E-state index contributed by atoms with van der Waals surface area (Å²) >= 11 is 5.95. The molecule has 0 bridgehead atoms. The van der Waals surface area contributed by atoms with Gasteiger partial charge in [-0.05, 0) is 61.4 Å². The average molecular weight is 257 g/mol. The Hall–Kier alpha value is -1.87. The van der Waals surface area contributed by atoms with Crippen molar-refractivity contribution in [1.29, 1.82) is 0 Å². The first-order chi connectivity index (χ1) is 8.63. The number of hydrogen-bond donors (Lipinski definition) is 0. The van der Waals surface area contributed by atoms with E-state index in [0.29, 0.717) is 5.02 Å². The van der Waals surface area contributed by atoms with Crippen molar-refractivity contribution in [2.24, 2.45) is 0 Å². The Morgan fingerprint density at radius 1 is 1.11 bits per heavy atom. The molecule has 0 aliphatic carbocycles. The van der Waals surface area contributed by atoms with Crippen molar-refractivity contribution in [2.45, 2.75) is 13.8 Å². The lowest BCUT2D eigenvalue weighted by Gasteiger charge is -2.04. The van der Waals surface area contributed by atoms with Crippen molar-refractivity contribution in [1.82, 2.24) is 15.0 Å². The maximum atomic E-state index is 5.95. The van der Waals surface area contributed by atoms with Crippen LogP contribution in [0.25, 0.3) is 16.7 Å². The van der Waals surface area contributed by atoms with Crippen molar-refractivity contribution in [2.75, 3.05) is 0 Å². The van der Waals surface area contributed by atoms with Crippen LogP contribution in [0, 0.1) is 19.9 Å². The summed E-state index contributed by atoms with van der Waals surface area (Å²) in [5, 5.41) is 9.58. The van der Waals surface area contributed by atoms with Crippen LogP contribution < -0.4 is 0 Å². The first-order valence-corrected chi connectivity index (χ1v) is 6.03. The molecule has 3 nitrogen and oxygen atoms in total. The van der Waals surface area contributed by atoms with Gasteiger partial charge in [-0.15, -0.1) is 10.2 Å². The van der Waals surface area contributed by atoms with E-state index in [2.05, 4.69) is 16.3 Å². The number of hydrogen-bond acceptors (Lipinski definition) is 2. The monoisotopic (exact) mass is 256 g/mol. The van der Waals surface area contributed by atoms with Gasteiger partial charge in [0, 0.05) is 5.02 Å². The van der Waals surface area contributed by atoms with Gasteiger partial charge in [-0.1, -0.05) is 11.6 Å². The van der Waals surface area contributed by atoms with E-state index in [4.69, 9.17) is 11.6 Å². The fourth-order valence-electron chi connectivity index (χ4n) is 1.87. The smallest absolute Gasteiger partial charge is 0.115 e. The Morgan fingerprint density at radius 3 is 2.72 bits per heavy atom. The van der Waals surface area contributed by atoms with Crippen LogP contribution in [0.1, 0.15) is 11.1 Å². The van der Waals surface area contributed by atoms with E-state index in [1.807, 2.05) is 44.2 Å². The van der Waals surface area contributed by atoms with Gasteiger partial charge < -0.3 is 0 Å². The molecule has 1 radical (unpaired) electrons. The second-order valence-electron chi connectivity index (χ2n) is 4.31. The summed E-state index contributed by atoms with van der Waals surface area (Å²) < 4.78 is 0. The molecule has 2 aromatic carbocycles. The van der Waals surface area contributed by atoms with Crippen LogP contribution in [-0.2, 0) is 0 Å². The average Bonchev–Trinajstić information content (AvgIpc) is 2.74. The molecule has 18 heavy (non-hydrogen) atoms. The summed E-state index contributed by atoms with van der Waals surface area (Å²) in [4.78, 5) is 1.65. The van der Waals surface area contributed by atoms with Crippen LogP contribution in [0.2, 0.25) is 5.02 Å². The SMILES string of the molecule is Cc1[c]cc(C)c(-n2nc3ccc(Cl)cc3n2)c1. The Kier molecular flexibility index (Phi) is 2.56. The summed E-state index contributed by atoms with van der Waals surface area (Å²) in [6.07, 6.45) is 0. The van der Waals surface area contributed by atoms with E-state index in [9.17, 15) is 0 Å². The van der Waals surface area contributed by atoms with Gasteiger partial charge in [-0.25, -0.2) is 0 Å². The number of halogens is 1. The van der Waals surface area contributed by atoms with Gasteiger partial charge in [0.25, 0.3) is 0 Å². The van der Waals surface area contributed by atoms with Crippen LogP contribution >= 0.6 is 11.6 Å². The second-order valence-corrected chi connectivity index (χ2v) is 4.74. The van der Waals surface area contributed by atoms with Crippen LogP contribution in [0.5, 0.6) is 0 Å². The van der Waals surface area contributed by atoms with Crippen LogP contribution in [-0.4, -0.2) is 15.0 Å². The molecule has 0 aliphatic heterocycles. The Labute approximate surface area is 110 Å². The quantitative estimate of drug-likeness (QED) is 0.667. The van der Waals surface area contributed by atoms with E-state index in [-0.39, 0.29) is 0 Å². The van der Waals surface area contributed by atoms with Crippen molar-refractivity contribution < 1.29 is 0 Å². The number of aromatic nitrogens is 3. The molecule has 89 valence electrons. The fourth-order valence-corrected chi connectivity index (χ4v) is 2.03. The van der Waals surface area contributed by atoms with Crippen LogP contribution in [0.15, 0.2) is 30.3 Å². The first kappa shape index (κ1) is 11.2. The largest absolute Gasteiger partial charge is 0.150 e. The van der Waals surface area contributed by atoms with Gasteiger partial charge in [-0.3, -0.25) is 0 Å². The lowest BCUT2D eigenvalue weighted by molar-refractivity contribution is 0.759. The predicted octanol–water partition coefficient (Wildman–Crippen LogP) is 3.49. The summed E-state index contributed by atoms with van der Waals surface area (Å²) in [6.45, 7) is 4.02. The summed E-state index contributed by atoms with van der Waals surface area (Å²) in [5.41, 5.74) is 4.76. The molecule has 3 rings (SSSR count).